The highest BCUT2D eigenvalue weighted by Crippen LogP contribution is 2.25. The third-order valence-electron chi connectivity index (χ3n) is 3.49. The maximum absolute atomic E-state index is 13.7. The van der Waals surface area contributed by atoms with Crippen LogP contribution in [0.5, 0.6) is 0 Å². The standard InChI is InChI=1S/C13H18FN3O2/c1-7-8(2-3-19-7)6-17-12-4-9(13(16)18)11(15)5-10(12)14/h4-5,7-8,17H,2-3,6,15H2,1H3,(H2,16,18). The highest BCUT2D eigenvalue weighted by atomic mass is 19.1. The molecule has 19 heavy (non-hydrogen) atoms. The summed E-state index contributed by atoms with van der Waals surface area (Å²) in [5.74, 6) is -0.832. The Balaban J connectivity index is 2.11. The number of anilines is 2. The highest BCUT2D eigenvalue weighted by Gasteiger charge is 2.24. The molecular weight excluding hydrogens is 249 g/mol. The van der Waals surface area contributed by atoms with Gasteiger partial charge in [0.1, 0.15) is 5.82 Å². The fourth-order valence-corrected chi connectivity index (χ4v) is 2.22. The lowest BCUT2D eigenvalue weighted by Crippen LogP contribution is -2.22. The summed E-state index contributed by atoms with van der Waals surface area (Å²) < 4.78 is 19.2. The van der Waals surface area contributed by atoms with Gasteiger partial charge in [0.2, 0.25) is 0 Å². The molecule has 5 N–H and O–H groups in total. The second-order valence-electron chi connectivity index (χ2n) is 4.79. The second kappa shape index (κ2) is 5.44. The average molecular weight is 267 g/mol. The van der Waals surface area contributed by atoms with Gasteiger partial charge in [0.25, 0.3) is 5.91 Å². The molecule has 2 atom stereocenters. The minimum Gasteiger partial charge on any atom is -0.398 e. The first-order chi connectivity index (χ1) is 8.99. The number of nitrogen functional groups attached to an aromatic ring is 1. The van der Waals surface area contributed by atoms with E-state index in [0.717, 1.165) is 19.1 Å². The van der Waals surface area contributed by atoms with Crippen molar-refractivity contribution in [3.63, 3.8) is 0 Å². The SMILES string of the molecule is CC1OCCC1CNc1cc(C(N)=O)c(N)cc1F. The number of amides is 1. The Morgan fingerprint density at radius 3 is 2.89 bits per heavy atom. The van der Waals surface area contributed by atoms with Crippen LogP contribution in [-0.4, -0.2) is 25.2 Å². The van der Waals surface area contributed by atoms with Gasteiger partial charge in [-0.2, -0.15) is 0 Å². The Kier molecular flexibility index (Phi) is 3.90. The van der Waals surface area contributed by atoms with E-state index in [1.54, 1.807) is 0 Å². The fraction of sp³-hybridized carbons (Fsp3) is 0.462. The molecule has 2 unspecified atom stereocenters. The van der Waals surface area contributed by atoms with Gasteiger partial charge >= 0.3 is 0 Å². The molecule has 1 aromatic carbocycles. The highest BCUT2D eigenvalue weighted by molar-refractivity contribution is 5.99. The molecule has 1 aromatic rings. The van der Waals surface area contributed by atoms with Crippen LogP contribution in [0.15, 0.2) is 12.1 Å². The van der Waals surface area contributed by atoms with Gasteiger partial charge in [0.05, 0.1) is 17.4 Å². The van der Waals surface area contributed by atoms with Crippen LogP contribution in [0.25, 0.3) is 0 Å². The topological polar surface area (TPSA) is 90.4 Å². The first-order valence-electron chi connectivity index (χ1n) is 6.23. The third kappa shape index (κ3) is 2.96. The van der Waals surface area contributed by atoms with E-state index >= 15 is 0 Å². The van der Waals surface area contributed by atoms with Crippen molar-refractivity contribution in [1.29, 1.82) is 0 Å². The summed E-state index contributed by atoms with van der Waals surface area (Å²) >= 11 is 0. The van der Waals surface area contributed by atoms with E-state index in [9.17, 15) is 9.18 Å². The van der Waals surface area contributed by atoms with Crippen LogP contribution in [-0.2, 0) is 4.74 Å². The maximum atomic E-state index is 13.7. The molecule has 2 rings (SSSR count). The molecule has 1 aliphatic rings. The van der Waals surface area contributed by atoms with Crippen molar-refractivity contribution in [2.45, 2.75) is 19.4 Å². The van der Waals surface area contributed by atoms with E-state index in [2.05, 4.69) is 5.32 Å². The largest absolute Gasteiger partial charge is 0.398 e. The maximum Gasteiger partial charge on any atom is 0.250 e. The molecule has 1 amide bonds. The predicted octanol–water partition coefficient (Wildman–Crippen LogP) is 1.34. The Bertz CT molecular complexity index is 493. The first kappa shape index (κ1) is 13.6. The van der Waals surface area contributed by atoms with Crippen LogP contribution >= 0.6 is 0 Å². The number of halogens is 1. The van der Waals surface area contributed by atoms with E-state index in [1.807, 2.05) is 6.92 Å². The van der Waals surface area contributed by atoms with Crippen LogP contribution in [0, 0.1) is 11.7 Å². The molecule has 0 radical (unpaired) electrons. The lowest BCUT2D eigenvalue weighted by molar-refractivity contribution is 0.100. The molecule has 6 heteroatoms. The van der Waals surface area contributed by atoms with Gasteiger partial charge in [-0.05, 0) is 25.5 Å². The number of nitrogens with two attached hydrogens (primary N) is 2. The van der Waals surface area contributed by atoms with Gasteiger partial charge in [-0.15, -0.1) is 0 Å². The monoisotopic (exact) mass is 267 g/mol. The van der Waals surface area contributed by atoms with Gasteiger partial charge < -0.3 is 21.5 Å². The average Bonchev–Trinajstić information content (AvgIpc) is 2.73. The molecule has 0 spiro atoms. The normalized spacial score (nSPS) is 22.4. The molecule has 1 fully saturated rings. The quantitative estimate of drug-likeness (QED) is 0.718. The number of nitrogens with one attached hydrogen (secondary N) is 1. The van der Waals surface area contributed by atoms with Crippen LogP contribution in [0.4, 0.5) is 15.8 Å². The number of rotatable bonds is 4. The first-order valence-corrected chi connectivity index (χ1v) is 6.23. The number of benzene rings is 1. The zero-order chi connectivity index (χ0) is 14.0. The van der Waals surface area contributed by atoms with Gasteiger partial charge in [0, 0.05) is 24.8 Å². The van der Waals surface area contributed by atoms with E-state index < -0.39 is 11.7 Å². The summed E-state index contributed by atoms with van der Waals surface area (Å²) in [7, 11) is 0. The van der Waals surface area contributed by atoms with Crippen LogP contribution in [0.1, 0.15) is 23.7 Å². The van der Waals surface area contributed by atoms with Crippen molar-refractivity contribution < 1.29 is 13.9 Å². The van der Waals surface area contributed by atoms with E-state index in [-0.39, 0.29) is 23.0 Å². The van der Waals surface area contributed by atoms with Gasteiger partial charge in [0.15, 0.2) is 0 Å². The van der Waals surface area contributed by atoms with Crippen molar-refractivity contribution in [1.82, 2.24) is 0 Å². The van der Waals surface area contributed by atoms with E-state index in [4.69, 9.17) is 16.2 Å². The van der Waals surface area contributed by atoms with Crippen molar-refractivity contribution in [3.8, 4) is 0 Å². The summed E-state index contributed by atoms with van der Waals surface area (Å²) in [6, 6.07) is 2.46. The lowest BCUT2D eigenvalue weighted by Gasteiger charge is -2.16. The van der Waals surface area contributed by atoms with Crippen molar-refractivity contribution >= 4 is 17.3 Å². The minimum absolute atomic E-state index is 0.0492. The lowest BCUT2D eigenvalue weighted by atomic mass is 10.0. The summed E-state index contributed by atoms with van der Waals surface area (Å²) in [5.41, 5.74) is 11.1. The van der Waals surface area contributed by atoms with E-state index in [1.165, 1.54) is 6.07 Å². The molecule has 0 aliphatic carbocycles. The predicted molar refractivity (Wildman–Crippen MR) is 71.3 cm³/mol. The van der Waals surface area contributed by atoms with Crippen molar-refractivity contribution in [3.05, 3.63) is 23.5 Å². The zero-order valence-corrected chi connectivity index (χ0v) is 10.8. The van der Waals surface area contributed by atoms with Crippen LogP contribution in [0.2, 0.25) is 0 Å². The Morgan fingerprint density at radius 2 is 2.32 bits per heavy atom. The van der Waals surface area contributed by atoms with Gasteiger partial charge in [-0.1, -0.05) is 0 Å². The third-order valence-corrected chi connectivity index (χ3v) is 3.49. The second-order valence-corrected chi connectivity index (χ2v) is 4.79. The van der Waals surface area contributed by atoms with Crippen LogP contribution < -0.4 is 16.8 Å². The zero-order valence-electron chi connectivity index (χ0n) is 10.8. The Hall–Kier alpha value is -1.82. The molecule has 0 aromatic heterocycles. The number of carbonyl (C=O) groups excluding carboxylic acids is 1. The number of ether oxygens (including phenoxy) is 1. The minimum atomic E-state index is -0.668. The summed E-state index contributed by atoms with van der Waals surface area (Å²) in [4.78, 5) is 11.2. The Labute approximate surface area is 111 Å². The molecule has 0 saturated carbocycles. The van der Waals surface area contributed by atoms with E-state index in [0.29, 0.717) is 12.5 Å². The fourth-order valence-electron chi connectivity index (χ4n) is 2.22. The van der Waals surface area contributed by atoms with Crippen molar-refractivity contribution in [2.24, 2.45) is 11.7 Å². The van der Waals surface area contributed by atoms with Gasteiger partial charge in [-0.3, -0.25) is 4.79 Å². The number of primary amides is 1. The molecule has 1 saturated heterocycles. The molecule has 1 aliphatic heterocycles. The number of hydrogen-bond acceptors (Lipinski definition) is 4. The smallest absolute Gasteiger partial charge is 0.250 e. The number of carbonyl (C=O) groups is 1. The molecular formula is C13H18FN3O2. The summed E-state index contributed by atoms with van der Waals surface area (Å²) in [5, 5.41) is 2.99. The number of hydrogen-bond donors (Lipinski definition) is 3. The molecule has 104 valence electrons. The van der Waals surface area contributed by atoms with Gasteiger partial charge in [-0.25, -0.2) is 4.39 Å². The molecule has 5 nitrogen and oxygen atoms in total. The summed E-state index contributed by atoms with van der Waals surface area (Å²) in [6.45, 7) is 3.30. The van der Waals surface area contributed by atoms with Crippen LogP contribution in [0.3, 0.4) is 0 Å². The molecule has 0 bridgehead atoms. The Morgan fingerprint density at radius 1 is 1.58 bits per heavy atom. The molecule has 1 heterocycles. The van der Waals surface area contributed by atoms with Crippen molar-refractivity contribution in [2.75, 3.05) is 24.2 Å². The summed E-state index contributed by atoms with van der Waals surface area (Å²) in [6.07, 6.45) is 1.09.